The van der Waals surface area contributed by atoms with Crippen LogP contribution in [0, 0.1) is 20.8 Å². The van der Waals surface area contributed by atoms with Crippen LogP contribution in [0.5, 0.6) is 0 Å². The third-order valence-electron chi connectivity index (χ3n) is 5.15. The lowest BCUT2D eigenvalue weighted by Gasteiger charge is -2.10. The quantitative estimate of drug-likeness (QED) is 0.426. The lowest BCUT2D eigenvalue weighted by atomic mass is 10.1. The maximum Gasteiger partial charge on any atom is 0.175 e. The van der Waals surface area contributed by atoms with Gasteiger partial charge in [0.1, 0.15) is 0 Å². The Labute approximate surface area is 187 Å². The van der Waals surface area contributed by atoms with E-state index in [1.165, 1.54) is 16.7 Å². The molecule has 0 unspecified atom stereocenters. The van der Waals surface area contributed by atoms with E-state index in [2.05, 4.69) is 71.1 Å². The molecular formula is C24H26N6S. The topological polar surface area (TPSA) is 59.7 Å². The predicted molar refractivity (Wildman–Crippen MR) is 130 cm³/mol. The molecule has 7 heteroatoms. The second-order valence-corrected chi connectivity index (χ2v) is 8.09. The molecule has 0 amide bonds. The number of thiocarbonyl (C=S) groups is 1. The fraction of sp³-hybridized carbons (Fsp3) is 0.208. The Hall–Kier alpha value is -3.45. The van der Waals surface area contributed by atoms with Crippen LogP contribution in [0.2, 0.25) is 0 Å². The van der Waals surface area contributed by atoms with E-state index in [0.717, 1.165) is 29.3 Å². The van der Waals surface area contributed by atoms with Crippen LogP contribution in [0.15, 0.2) is 67.0 Å². The molecule has 4 aromatic rings. The van der Waals surface area contributed by atoms with Crippen LogP contribution in [0.3, 0.4) is 0 Å². The zero-order chi connectivity index (χ0) is 21.8. The molecule has 6 nitrogen and oxygen atoms in total. The number of benzene rings is 2. The minimum absolute atomic E-state index is 0.514. The Morgan fingerprint density at radius 3 is 2.35 bits per heavy atom. The first-order valence-electron chi connectivity index (χ1n) is 10.2. The molecule has 2 N–H and O–H groups in total. The molecule has 0 aliphatic heterocycles. The standard InChI is InChI=1S/C24H26N6S/c1-17-9-11-21(12-10-17)15-30-19(3)23(18(2)28-30)27-24(31)26-22-13-25-29(16-22)14-20-7-5-4-6-8-20/h4-13,16H,14-15H2,1-3H3,(H2,26,27,31). The fourth-order valence-corrected chi connectivity index (χ4v) is 3.68. The molecule has 0 aliphatic rings. The van der Waals surface area contributed by atoms with Crippen LogP contribution >= 0.6 is 12.2 Å². The van der Waals surface area contributed by atoms with Gasteiger partial charge in [0, 0.05) is 6.20 Å². The first-order valence-corrected chi connectivity index (χ1v) is 10.6. The SMILES string of the molecule is Cc1ccc(Cn2nc(C)c(NC(=S)Nc3cnn(Cc4ccccc4)c3)c2C)cc1. The van der Waals surface area contributed by atoms with Crippen molar-refractivity contribution in [3.63, 3.8) is 0 Å². The van der Waals surface area contributed by atoms with Gasteiger partial charge in [0.15, 0.2) is 5.11 Å². The van der Waals surface area contributed by atoms with Gasteiger partial charge in [0.05, 0.1) is 42.0 Å². The number of anilines is 2. The first-order chi connectivity index (χ1) is 15.0. The number of hydrogen-bond donors (Lipinski definition) is 2. The average Bonchev–Trinajstić information content (AvgIpc) is 3.29. The van der Waals surface area contributed by atoms with Gasteiger partial charge in [-0.25, -0.2) is 0 Å². The molecule has 31 heavy (non-hydrogen) atoms. The van der Waals surface area contributed by atoms with Gasteiger partial charge < -0.3 is 10.6 Å². The normalized spacial score (nSPS) is 10.8. The summed E-state index contributed by atoms with van der Waals surface area (Å²) < 4.78 is 3.89. The Morgan fingerprint density at radius 2 is 1.61 bits per heavy atom. The van der Waals surface area contributed by atoms with Crippen LogP contribution in [0.25, 0.3) is 0 Å². The van der Waals surface area contributed by atoms with Crippen molar-refractivity contribution in [1.82, 2.24) is 19.6 Å². The minimum Gasteiger partial charge on any atom is -0.330 e. The summed E-state index contributed by atoms with van der Waals surface area (Å²) in [5.41, 5.74) is 7.40. The molecular weight excluding hydrogens is 404 g/mol. The fourth-order valence-electron chi connectivity index (χ4n) is 3.46. The number of nitrogens with zero attached hydrogens (tertiary/aromatic N) is 4. The van der Waals surface area contributed by atoms with E-state index in [-0.39, 0.29) is 0 Å². The summed E-state index contributed by atoms with van der Waals surface area (Å²) in [7, 11) is 0. The molecule has 0 aliphatic carbocycles. The van der Waals surface area contributed by atoms with E-state index in [9.17, 15) is 0 Å². The molecule has 2 aromatic carbocycles. The molecule has 0 spiro atoms. The molecule has 158 valence electrons. The molecule has 2 heterocycles. The third kappa shape index (κ3) is 5.19. The van der Waals surface area contributed by atoms with Crippen molar-refractivity contribution >= 4 is 28.7 Å². The Morgan fingerprint density at radius 1 is 0.903 bits per heavy atom. The van der Waals surface area contributed by atoms with E-state index in [1.807, 2.05) is 40.7 Å². The maximum absolute atomic E-state index is 5.53. The Balaban J connectivity index is 1.39. The van der Waals surface area contributed by atoms with Crippen LogP contribution in [-0.4, -0.2) is 24.7 Å². The highest BCUT2D eigenvalue weighted by Gasteiger charge is 2.13. The van der Waals surface area contributed by atoms with E-state index in [0.29, 0.717) is 11.7 Å². The van der Waals surface area contributed by atoms with Crippen LogP contribution in [0.4, 0.5) is 11.4 Å². The van der Waals surface area contributed by atoms with Crippen molar-refractivity contribution in [2.75, 3.05) is 10.6 Å². The monoisotopic (exact) mass is 430 g/mol. The number of hydrogen-bond acceptors (Lipinski definition) is 3. The van der Waals surface area contributed by atoms with E-state index in [1.54, 1.807) is 6.20 Å². The smallest absolute Gasteiger partial charge is 0.175 e. The van der Waals surface area contributed by atoms with Crippen molar-refractivity contribution in [2.24, 2.45) is 0 Å². The van der Waals surface area contributed by atoms with E-state index >= 15 is 0 Å². The first kappa shape index (κ1) is 20.8. The van der Waals surface area contributed by atoms with Gasteiger partial charge in [-0.15, -0.1) is 0 Å². The maximum atomic E-state index is 5.53. The highest BCUT2D eigenvalue weighted by atomic mass is 32.1. The van der Waals surface area contributed by atoms with Crippen molar-refractivity contribution in [3.05, 3.63) is 95.1 Å². The Kier molecular flexibility index (Phi) is 6.13. The summed E-state index contributed by atoms with van der Waals surface area (Å²) in [5.74, 6) is 0. The molecule has 0 atom stereocenters. The van der Waals surface area contributed by atoms with E-state index < -0.39 is 0 Å². The molecule has 0 fully saturated rings. The second-order valence-electron chi connectivity index (χ2n) is 7.68. The number of rotatable bonds is 6. The summed E-state index contributed by atoms with van der Waals surface area (Å²) >= 11 is 5.53. The molecule has 4 rings (SSSR count). The number of aromatic nitrogens is 4. The van der Waals surface area contributed by atoms with Gasteiger partial charge in [0.25, 0.3) is 0 Å². The Bertz CT molecular complexity index is 1170. The number of aryl methyl sites for hydroxylation is 2. The predicted octanol–water partition coefficient (Wildman–Crippen LogP) is 4.91. The van der Waals surface area contributed by atoms with Crippen LogP contribution in [-0.2, 0) is 13.1 Å². The summed E-state index contributed by atoms with van der Waals surface area (Å²) in [4.78, 5) is 0. The third-order valence-corrected chi connectivity index (χ3v) is 5.36. The summed E-state index contributed by atoms with van der Waals surface area (Å²) in [6.45, 7) is 7.57. The van der Waals surface area contributed by atoms with Gasteiger partial charge >= 0.3 is 0 Å². The highest BCUT2D eigenvalue weighted by Crippen LogP contribution is 2.21. The second kappa shape index (κ2) is 9.14. The molecule has 0 bridgehead atoms. The average molecular weight is 431 g/mol. The minimum atomic E-state index is 0.514. The van der Waals surface area contributed by atoms with Crippen molar-refractivity contribution in [1.29, 1.82) is 0 Å². The van der Waals surface area contributed by atoms with Gasteiger partial charge in [-0.05, 0) is 44.1 Å². The largest absolute Gasteiger partial charge is 0.330 e. The zero-order valence-electron chi connectivity index (χ0n) is 18.0. The van der Waals surface area contributed by atoms with Gasteiger partial charge in [0.2, 0.25) is 0 Å². The summed E-state index contributed by atoms with van der Waals surface area (Å²) in [5, 5.41) is 16.1. The van der Waals surface area contributed by atoms with Crippen molar-refractivity contribution in [2.45, 2.75) is 33.9 Å². The summed E-state index contributed by atoms with van der Waals surface area (Å²) in [6.07, 6.45) is 3.72. The van der Waals surface area contributed by atoms with Crippen LogP contribution in [0.1, 0.15) is 28.1 Å². The van der Waals surface area contributed by atoms with Crippen LogP contribution < -0.4 is 10.6 Å². The molecule has 2 aromatic heterocycles. The highest BCUT2D eigenvalue weighted by molar-refractivity contribution is 7.80. The van der Waals surface area contributed by atoms with Gasteiger partial charge in [-0.3, -0.25) is 9.36 Å². The lowest BCUT2D eigenvalue weighted by Crippen LogP contribution is -2.19. The molecule has 0 radical (unpaired) electrons. The van der Waals surface area contributed by atoms with Gasteiger partial charge in [-0.1, -0.05) is 60.2 Å². The van der Waals surface area contributed by atoms with Crippen molar-refractivity contribution < 1.29 is 0 Å². The summed E-state index contributed by atoms with van der Waals surface area (Å²) in [6, 6.07) is 18.8. The van der Waals surface area contributed by atoms with Crippen molar-refractivity contribution in [3.8, 4) is 0 Å². The lowest BCUT2D eigenvalue weighted by molar-refractivity contribution is 0.659. The van der Waals surface area contributed by atoms with Gasteiger partial charge in [-0.2, -0.15) is 10.2 Å². The van der Waals surface area contributed by atoms with E-state index in [4.69, 9.17) is 12.2 Å². The molecule has 0 saturated heterocycles. The zero-order valence-corrected chi connectivity index (χ0v) is 18.8. The molecule has 0 saturated carbocycles. The number of nitrogens with one attached hydrogen (secondary N) is 2.